The van der Waals surface area contributed by atoms with E-state index >= 15 is 0 Å². The molecular weight excluding hydrogens is 450 g/mol. The number of benzene rings is 1. The minimum atomic E-state index is -0.529. The van der Waals surface area contributed by atoms with Crippen LogP contribution in [0, 0.1) is 0 Å². The van der Waals surface area contributed by atoms with Crippen LogP contribution in [0.4, 0.5) is 0 Å². The molecule has 1 aromatic rings. The summed E-state index contributed by atoms with van der Waals surface area (Å²) in [6.07, 6.45) is 3.87. The monoisotopic (exact) mass is 475 g/mol. The fourth-order valence-corrected chi connectivity index (χ4v) is 4.90. The fourth-order valence-electron chi connectivity index (χ4n) is 4.52. The Morgan fingerprint density at radius 1 is 1.30 bits per heavy atom. The molecule has 2 aliphatic heterocycles. The number of hydrogen-bond acceptors (Lipinski definition) is 6. The minimum Gasteiger partial charge on any atom is -0.496 e. The van der Waals surface area contributed by atoms with Crippen molar-refractivity contribution in [1.82, 2.24) is 5.32 Å². The van der Waals surface area contributed by atoms with Crippen molar-refractivity contribution in [1.29, 1.82) is 0 Å². The van der Waals surface area contributed by atoms with E-state index in [1.807, 2.05) is 25.1 Å². The molecule has 4 rings (SSSR count). The Morgan fingerprint density at radius 3 is 2.87 bits per heavy atom. The predicted molar refractivity (Wildman–Crippen MR) is 115 cm³/mol. The van der Waals surface area contributed by atoms with E-state index < -0.39 is 11.9 Å². The quantitative estimate of drug-likeness (QED) is 0.644. The van der Waals surface area contributed by atoms with Crippen LogP contribution in [0.1, 0.15) is 50.5 Å². The molecule has 1 aliphatic carbocycles. The molecule has 0 radical (unpaired) electrons. The van der Waals surface area contributed by atoms with Crippen molar-refractivity contribution in [3.63, 3.8) is 0 Å². The molecule has 0 saturated carbocycles. The lowest BCUT2D eigenvalue weighted by molar-refractivity contribution is -0.142. The largest absolute Gasteiger partial charge is 0.496 e. The lowest BCUT2D eigenvalue weighted by Gasteiger charge is -2.34. The van der Waals surface area contributed by atoms with Gasteiger partial charge in [-0.25, -0.2) is 4.79 Å². The van der Waals surface area contributed by atoms with E-state index in [1.54, 1.807) is 7.11 Å². The van der Waals surface area contributed by atoms with Crippen molar-refractivity contribution in [2.45, 2.75) is 51.0 Å². The average Bonchev–Trinajstić information content (AvgIpc) is 3.25. The lowest BCUT2D eigenvalue weighted by Crippen LogP contribution is -2.35. The van der Waals surface area contributed by atoms with Crippen LogP contribution in [0.25, 0.3) is 0 Å². The number of rotatable bonds is 5. The Morgan fingerprint density at radius 2 is 2.13 bits per heavy atom. The number of hydrogen-bond donors (Lipinski definition) is 1. The van der Waals surface area contributed by atoms with Gasteiger partial charge in [0.2, 0.25) is 0 Å². The van der Waals surface area contributed by atoms with Crippen molar-refractivity contribution in [3.05, 3.63) is 50.8 Å². The Bertz CT molecular complexity index is 930. The standard InChI is InChI=1S/C23H26BrNO5/c1-13-20(23(27)30-12-15-5-4-10-29-15)21(16-11-14(24)8-9-19(16)28-2)22-17(25-13)6-3-7-18(22)26/h8-9,11,15,21,25H,3-7,10,12H2,1-2H3. The summed E-state index contributed by atoms with van der Waals surface area (Å²) in [5.74, 6) is -0.258. The van der Waals surface area contributed by atoms with E-state index in [2.05, 4.69) is 21.2 Å². The number of Topliss-reactive ketones (excluding diaryl/α,β-unsaturated/α-hetero) is 1. The summed E-state index contributed by atoms with van der Waals surface area (Å²) in [7, 11) is 1.60. The molecule has 2 unspecified atom stereocenters. The summed E-state index contributed by atoms with van der Waals surface area (Å²) in [5.41, 5.74) is 3.49. The molecule has 7 heteroatoms. The first-order valence-electron chi connectivity index (χ1n) is 10.4. The van der Waals surface area contributed by atoms with E-state index in [4.69, 9.17) is 14.2 Å². The SMILES string of the molecule is COc1ccc(Br)cc1C1C(C(=O)OCC2CCCO2)=C(C)NC2=C1C(=O)CCC2. The number of ketones is 1. The highest BCUT2D eigenvalue weighted by molar-refractivity contribution is 9.10. The molecule has 0 spiro atoms. The Hall–Kier alpha value is -2.12. The molecule has 0 bridgehead atoms. The van der Waals surface area contributed by atoms with E-state index in [-0.39, 0.29) is 18.5 Å². The number of carbonyl (C=O) groups is 2. The first-order chi connectivity index (χ1) is 14.5. The highest BCUT2D eigenvalue weighted by Gasteiger charge is 2.40. The number of allylic oxidation sites excluding steroid dienone is 3. The van der Waals surface area contributed by atoms with Crippen LogP contribution in [0.2, 0.25) is 0 Å². The molecule has 1 aromatic carbocycles. The van der Waals surface area contributed by atoms with Crippen molar-refractivity contribution < 1.29 is 23.8 Å². The van der Waals surface area contributed by atoms with Crippen LogP contribution < -0.4 is 10.1 Å². The molecule has 2 heterocycles. The highest BCUT2D eigenvalue weighted by Crippen LogP contribution is 2.45. The van der Waals surface area contributed by atoms with E-state index in [0.29, 0.717) is 35.6 Å². The zero-order valence-electron chi connectivity index (χ0n) is 17.3. The second-order valence-corrected chi connectivity index (χ2v) is 8.80. The van der Waals surface area contributed by atoms with Crippen LogP contribution in [0.5, 0.6) is 5.75 Å². The third-order valence-corrected chi connectivity index (χ3v) is 6.42. The molecule has 0 aromatic heterocycles. The number of ether oxygens (including phenoxy) is 3. The third-order valence-electron chi connectivity index (χ3n) is 5.92. The molecule has 1 saturated heterocycles. The summed E-state index contributed by atoms with van der Waals surface area (Å²) in [6.45, 7) is 2.79. The third kappa shape index (κ3) is 4.05. The molecule has 160 valence electrons. The Kier molecular flexibility index (Phi) is 6.29. The second-order valence-electron chi connectivity index (χ2n) is 7.89. The maximum absolute atomic E-state index is 13.3. The van der Waals surface area contributed by atoms with Gasteiger partial charge in [-0.15, -0.1) is 0 Å². The van der Waals surface area contributed by atoms with Crippen LogP contribution >= 0.6 is 15.9 Å². The van der Waals surface area contributed by atoms with Crippen molar-refractivity contribution in [3.8, 4) is 5.75 Å². The normalized spacial score (nSPS) is 23.9. The van der Waals surface area contributed by atoms with E-state index in [1.165, 1.54) is 0 Å². The summed E-state index contributed by atoms with van der Waals surface area (Å²) >= 11 is 3.52. The van der Waals surface area contributed by atoms with Gasteiger partial charge in [-0.05, 0) is 50.8 Å². The molecule has 3 aliphatic rings. The van der Waals surface area contributed by atoms with Gasteiger partial charge < -0.3 is 19.5 Å². The number of esters is 1. The van der Waals surface area contributed by atoms with Crippen molar-refractivity contribution >= 4 is 27.7 Å². The average molecular weight is 476 g/mol. The molecule has 6 nitrogen and oxygen atoms in total. The van der Waals surface area contributed by atoms with Crippen LogP contribution in [0.3, 0.4) is 0 Å². The van der Waals surface area contributed by atoms with Crippen LogP contribution in [0.15, 0.2) is 45.2 Å². The van der Waals surface area contributed by atoms with Gasteiger partial charge >= 0.3 is 5.97 Å². The maximum Gasteiger partial charge on any atom is 0.336 e. The maximum atomic E-state index is 13.3. The number of dihydropyridines is 1. The van der Waals surface area contributed by atoms with Gasteiger partial charge in [0.15, 0.2) is 5.78 Å². The van der Waals surface area contributed by atoms with Gasteiger partial charge in [-0.1, -0.05) is 15.9 Å². The molecule has 0 amide bonds. The zero-order valence-corrected chi connectivity index (χ0v) is 18.8. The van der Waals surface area contributed by atoms with Gasteiger partial charge in [0, 0.05) is 40.0 Å². The second kappa shape index (κ2) is 8.94. The summed E-state index contributed by atoms with van der Waals surface area (Å²) in [4.78, 5) is 26.2. The van der Waals surface area contributed by atoms with Gasteiger partial charge in [0.25, 0.3) is 0 Å². The van der Waals surface area contributed by atoms with Crippen molar-refractivity contribution in [2.24, 2.45) is 0 Å². The van der Waals surface area contributed by atoms with Gasteiger partial charge in [0.05, 0.1) is 24.7 Å². The zero-order chi connectivity index (χ0) is 21.3. The van der Waals surface area contributed by atoms with Gasteiger partial charge in [0.1, 0.15) is 12.4 Å². The van der Waals surface area contributed by atoms with Gasteiger partial charge in [-0.3, -0.25) is 4.79 Å². The Balaban J connectivity index is 1.76. The van der Waals surface area contributed by atoms with E-state index in [0.717, 1.165) is 41.4 Å². The fraction of sp³-hybridized carbons (Fsp3) is 0.478. The summed E-state index contributed by atoms with van der Waals surface area (Å²) < 4.78 is 17.7. The molecular formula is C23H26BrNO5. The Labute approximate surface area is 184 Å². The molecule has 30 heavy (non-hydrogen) atoms. The van der Waals surface area contributed by atoms with Crippen LogP contribution in [-0.4, -0.2) is 38.2 Å². The number of carbonyl (C=O) groups excluding carboxylic acids is 2. The minimum absolute atomic E-state index is 0.0589. The smallest absolute Gasteiger partial charge is 0.336 e. The predicted octanol–water partition coefficient (Wildman–Crippen LogP) is 4.15. The summed E-state index contributed by atoms with van der Waals surface area (Å²) in [5, 5.41) is 3.31. The first kappa shape index (κ1) is 21.1. The topological polar surface area (TPSA) is 73.9 Å². The molecule has 1 fully saturated rings. The first-order valence-corrected chi connectivity index (χ1v) is 11.1. The highest BCUT2D eigenvalue weighted by atomic mass is 79.9. The number of methoxy groups -OCH3 is 1. The molecule has 2 atom stereocenters. The number of nitrogens with one attached hydrogen (secondary N) is 1. The lowest BCUT2D eigenvalue weighted by atomic mass is 9.75. The van der Waals surface area contributed by atoms with Gasteiger partial charge in [-0.2, -0.15) is 0 Å². The summed E-state index contributed by atoms with van der Waals surface area (Å²) in [6, 6.07) is 5.65. The van der Waals surface area contributed by atoms with Crippen LogP contribution in [-0.2, 0) is 19.1 Å². The van der Waals surface area contributed by atoms with Crippen molar-refractivity contribution in [2.75, 3.05) is 20.3 Å². The number of halogens is 1. The molecule has 1 N–H and O–H groups in total. The van der Waals surface area contributed by atoms with E-state index in [9.17, 15) is 9.59 Å².